The summed E-state index contributed by atoms with van der Waals surface area (Å²) in [4.78, 5) is 2.49. The topological polar surface area (TPSA) is 35.5 Å². The summed E-state index contributed by atoms with van der Waals surface area (Å²) in [5.74, 6) is 1.49. The molecule has 2 rings (SSSR count). The fourth-order valence-corrected chi connectivity index (χ4v) is 4.07. The second kappa shape index (κ2) is 6.11. The number of hydrogen-bond acceptors (Lipinski definition) is 3. The Hall–Kier alpha value is -0.120. The number of nitrogens with zero attached hydrogens (tertiary/aromatic N) is 1. The Balaban J connectivity index is 1.81. The molecule has 2 aliphatic carbocycles. The molecular formula is C16H32N2O. The van der Waals surface area contributed by atoms with Crippen LogP contribution in [0.3, 0.4) is 0 Å². The molecule has 0 radical (unpaired) electrons. The van der Waals surface area contributed by atoms with Crippen LogP contribution >= 0.6 is 0 Å². The fourth-order valence-electron chi connectivity index (χ4n) is 4.07. The van der Waals surface area contributed by atoms with Crippen molar-refractivity contribution in [3.05, 3.63) is 0 Å². The summed E-state index contributed by atoms with van der Waals surface area (Å²) in [7, 11) is 4.36. The molecule has 2 atom stereocenters. The van der Waals surface area contributed by atoms with Gasteiger partial charge in [0.1, 0.15) is 0 Å². The van der Waals surface area contributed by atoms with E-state index in [0.717, 1.165) is 31.2 Å². The Morgan fingerprint density at radius 3 is 2.53 bits per heavy atom. The first-order valence-corrected chi connectivity index (χ1v) is 7.93. The highest BCUT2D eigenvalue weighted by molar-refractivity contribution is 4.90. The molecule has 0 aromatic carbocycles. The van der Waals surface area contributed by atoms with E-state index in [2.05, 4.69) is 38.2 Å². The van der Waals surface area contributed by atoms with Crippen LogP contribution in [-0.2, 0) is 0 Å². The van der Waals surface area contributed by atoms with Crippen LogP contribution in [-0.4, -0.2) is 49.3 Å². The predicted molar refractivity (Wildman–Crippen MR) is 80.2 cm³/mol. The van der Waals surface area contributed by atoms with Gasteiger partial charge in [-0.2, -0.15) is 0 Å². The van der Waals surface area contributed by atoms with Gasteiger partial charge in [0, 0.05) is 19.1 Å². The van der Waals surface area contributed by atoms with Crippen LogP contribution < -0.4 is 5.32 Å². The van der Waals surface area contributed by atoms with E-state index >= 15 is 0 Å². The third kappa shape index (κ3) is 4.17. The third-order valence-corrected chi connectivity index (χ3v) is 5.21. The van der Waals surface area contributed by atoms with Crippen LogP contribution in [0.25, 0.3) is 0 Å². The molecule has 2 saturated carbocycles. The van der Waals surface area contributed by atoms with E-state index in [9.17, 15) is 5.11 Å². The van der Waals surface area contributed by atoms with Gasteiger partial charge in [-0.05, 0) is 63.5 Å². The Morgan fingerprint density at radius 2 is 1.95 bits per heavy atom. The zero-order valence-electron chi connectivity index (χ0n) is 13.2. The monoisotopic (exact) mass is 268 g/mol. The largest absolute Gasteiger partial charge is 0.393 e. The lowest BCUT2D eigenvalue weighted by Crippen LogP contribution is -2.47. The number of aliphatic hydroxyl groups is 1. The average molecular weight is 268 g/mol. The fraction of sp³-hybridized carbons (Fsp3) is 1.00. The average Bonchev–Trinajstić information content (AvgIpc) is 2.26. The van der Waals surface area contributed by atoms with Crippen molar-refractivity contribution in [3.8, 4) is 0 Å². The van der Waals surface area contributed by atoms with Crippen molar-refractivity contribution >= 4 is 0 Å². The number of nitrogens with one attached hydrogen (secondary N) is 1. The predicted octanol–water partition coefficient (Wildman–Crippen LogP) is 2.10. The van der Waals surface area contributed by atoms with Crippen molar-refractivity contribution < 1.29 is 5.11 Å². The van der Waals surface area contributed by atoms with Gasteiger partial charge >= 0.3 is 0 Å². The van der Waals surface area contributed by atoms with Crippen molar-refractivity contribution in [2.75, 3.05) is 27.2 Å². The smallest absolute Gasteiger partial charge is 0.0546 e. The minimum atomic E-state index is -0.0166. The lowest BCUT2D eigenvalue weighted by atomic mass is 9.69. The van der Waals surface area contributed by atoms with Crippen molar-refractivity contribution in [2.24, 2.45) is 17.3 Å². The molecule has 3 nitrogen and oxygen atoms in total. The van der Waals surface area contributed by atoms with Crippen LogP contribution in [0.4, 0.5) is 0 Å². The summed E-state index contributed by atoms with van der Waals surface area (Å²) >= 11 is 0. The highest BCUT2D eigenvalue weighted by atomic mass is 16.3. The quantitative estimate of drug-likeness (QED) is 0.801. The molecule has 2 unspecified atom stereocenters. The Kier molecular flexibility index (Phi) is 4.91. The molecule has 19 heavy (non-hydrogen) atoms. The van der Waals surface area contributed by atoms with E-state index < -0.39 is 0 Å². The highest BCUT2D eigenvalue weighted by Crippen LogP contribution is 2.39. The van der Waals surface area contributed by atoms with Crippen LogP contribution in [0, 0.1) is 17.3 Å². The van der Waals surface area contributed by atoms with Gasteiger partial charge in [-0.15, -0.1) is 0 Å². The van der Waals surface area contributed by atoms with E-state index in [1.165, 1.54) is 25.8 Å². The Bertz CT molecular complexity index is 286. The maximum Gasteiger partial charge on any atom is 0.0546 e. The molecule has 0 bridgehead atoms. The first-order chi connectivity index (χ1) is 8.89. The molecule has 2 fully saturated rings. The van der Waals surface area contributed by atoms with Crippen LogP contribution in [0.1, 0.15) is 46.0 Å². The summed E-state index contributed by atoms with van der Waals surface area (Å²) in [6.07, 6.45) is 5.98. The van der Waals surface area contributed by atoms with Crippen molar-refractivity contribution in [1.82, 2.24) is 10.2 Å². The third-order valence-electron chi connectivity index (χ3n) is 5.21. The van der Waals surface area contributed by atoms with Gasteiger partial charge < -0.3 is 15.3 Å². The molecule has 0 aromatic rings. The summed E-state index contributed by atoms with van der Waals surface area (Å²) in [6, 6.07) is 0.683. The van der Waals surface area contributed by atoms with E-state index in [-0.39, 0.29) is 6.10 Å². The van der Waals surface area contributed by atoms with E-state index in [1.807, 2.05) is 0 Å². The van der Waals surface area contributed by atoms with Gasteiger partial charge in [0.15, 0.2) is 0 Å². The number of hydrogen-bond donors (Lipinski definition) is 2. The van der Waals surface area contributed by atoms with Gasteiger partial charge in [-0.1, -0.05) is 13.8 Å². The number of rotatable bonds is 5. The van der Waals surface area contributed by atoms with Gasteiger partial charge in [-0.25, -0.2) is 0 Å². The lowest BCUT2D eigenvalue weighted by molar-refractivity contribution is 0.0217. The lowest BCUT2D eigenvalue weighted by Gasteiger charge is -2.43. The van der Waals surface area contributed by atoms with Gasteiger partial charge in [-0.3, -0.25) is 0 Å². The maximum atomic E-state index is 9.37. The molecule has 2 N–H and O–H groups in total. The minimum Gasteiger partial charge on any atom is -0.393 e. The number of aliphatic hydroxyl groups excluding tert-OH is 1. The molecule has 0 spiro atoms. The SMILES string of the molecule is CNC1CCC(C)(C)CC1CN(C)CC1CC(O)C1. The molecule has 2 aliphatic rings. The van der Waals surface area contributed by atoms with Gasteiger partial charge in [0.05, 0.1) is 6.10 Å². The molecule has 3 heteroatoms. The first-order valence-electron chi connectivity index (χ1n) is 7.93. The normalized spacial score (nSPS) is 38.2. The maximum absolute atomic E-state index is 9.37. The van der Waals surface area contributed by atoms with Gasteiger partial charge in [0.25, 0.3) is 0 Å². The van der Waals surface area contributed by atoms with Crippen LogP contribution in [0.15, 0.2) is 0 Å². The van der Waals surface area contributed by atoms with Crippen molar-refractivity contribution in [1.29, 1.82) is 0 Å². The molecule has 0 heterocycles. The summed E-state index contributed by atoms with van der Waals surface area (Å²) in [5, 5.41) is 12.9. The molecular weight excluding hydrogens is 236 g/mol. The molecule has 112 valence electrons. The van der Waals surface area contributed by atoms with E-state index in [0.29, 0.717) is 11.5 Å². The molecule has 0 aliphatic heterocycles. The second-order valence-corrected chi connectivity index (χ2v) is 7.77. The van der Waals surface area contributed by atoms with Gasteiger partial charge in [0.2, 0.25) is 0 Å². The first kappa shape index (κ1) is 15.3. The zero-order chi connectivity index (χ0) is 14.0. The molecule has 0 aromatic heterocycles. The van der Waals surface area contributed by atoms with Crippen LogP contribution in [0.5, 0.6) is 0 Å². The van der Waals surface area contributed by atoms with E-state index in [1.54, 1.807) is 0 Å². The minimum absolute atomic E-state index is 0.0166. The second-order valence-electron chi connectivity index (χ2n) is 7.77. The Labute approximate surface area is 118 Å². The Morgan fingerprint density at radius 1 is 1.26 bits per heavy atom. The van der Waals surface area contributed by atoms with Crippen molar-refractivity contribution in [2.45, 2.75) is 58.1 Å². The summed E-state index contributed by atoms with van der Waals surface area (Å²) < 4.78 is 0. The standard InChI is InChI=1S/C16H32N2O/c1-16(2)6-5-15(17-3)13(9-16)11-18(4)10-12-7-14(19)8-12/h12-15,17,19H,5-11H2,1-4H3. The van der Waals surface area contributed by atoms with Crippen molar-refractivity contribution in [3.63, 3.8) is 0 Å². The highest BCUT2D eigenvalue weighted by Gasteiger charge is 2.35. The summed E-state index contributed by atoms with van der Waals surface area (Å²) in [6.45, 7) is 7.17. The molecule has 0 saturated heterocycles. The van der Waals surface area contributed by atoms with E-state index in [4.69, 9.17) is 0 Å². The molecule has 0 amide bonds. The van der Waals surface area contributed by atoms with Crippen LogP contribution in [0.2, 0.25) is 0 Å². The zero-order valence-corrected chi connectivity index (χ0v) is 13.2. The summed E-state index contributed by atoms with van der Waals surface area (Å²) in [5.41, 5.74) is 0.505.